The molecule has 3 aromatic rings. The van der Waals surface area contributed by atoms with E-state index in [-0.39, 0.29) is 35.4 Å². The molecule has 3 N–H and O–H groups in total. The first kappa shape index (κ1) is 29.9. The van der Waals surface area contributed by atoms with Crippen LogP contribution in [-0.2, 0) is 14.3 Å². The molecular weight excluding hydrogens is 518 g/mol. The number of fused-ring (bicyclic) bond motifs is 1. The maximum Gasteiger partial charge on any atom is 0.408 e. The molecule has 0 aliphatic heterocycles. The summed E-state index contributed by atoms with van der Waals surface area (Å²) >= 11 is 0. The van der Waals surface area contributed by atoms with Crippen LogP contribution in [0.1, 0.15) is 66.0 Å². The SMILES string of the molecule is CCC(C)C(NC(=O)OC(C)(C)C)C(=O)N(C(C(=O)Nc1ccc2ccccc2c1)c1ccc(O)cc1)C1CC1C. The van der Waals surface area contributed by atoms with E-state index in [1.54, 1.807) is 37.8 Å². The van der Waals surface area contributed by atoms with Crippen LogP contribution in [0.5, 0.6) is 5.75 Å². The van der Waals surface area contributed by atoms with Crippen molar-refractivity contribution >= 4 is 34.4 Å². The first-order valence-corrected chi connectivity index (χ1v) is 14.3. The van der Waals surface area contributed by atoms with Crippen molar-refractivity contribution in [2.45, 2.75) is 78.1 Å². The van der Waals surface area contributed by atoms with Gasteiger partial charge in [0.15, 0.2) is 0 Å². The highest BCUT2D eigenvalue weighted by Gasteiger charge is 2.49. The van der Waals surface area contributed by atoms with Crippen LogP contribution in [0.25, 0.3) is 10.8 Å². The Hall–Kier alpha value is -4.07. The van der Waals surface area contributed by atoms with Gasteiger partial charge in [-0.15, -0.1) is 0 Å². The van der Waals surface area contributed by atoms with Crippen molar-refractivity contribution in [3.05, 3.63) is 72.3 Å². The summed E-state index contributed by atoms with van der Waals surface area (Å²) in [7, 11) is 0. The van der Waals surface area contributed by atoms with Crippen molar-refractivity contribution in [1.29, 1.82) is 0 Å². The van der Waals surface area contributed by atoms with Crippen LogP contribution >= 0.6 is 0 Å². The number of ether oxygens (including phenoxy) is 1. The number of nitrogens with zero attached hydrogens (tertiary/aromatic N) is 1. The summed E-state index contributed by atoms with van der Waals surface area (Å²) in [4.78, 5) is 43.0. The molecule has 0 heterocycles. The number of phenols is 1. The molecule has 8 nitrogen and oxygen atoms in total. The standard InChI is InChI=1S/C33H41N3O5/c1-7-20(2)28(35-32(40)41-33(4,5)6)31(39)36(27-18-21(27)3)29(23-13-16-26(37)17-14-23)30(38)34-25-15-12-22-10-8-9-11-24(22)19-25/h8-17,19-21,27-29,37H,7,18H2,1-6H3,(H,34,38)(H,35,40). The van der Waals surface area contributed by atoms with Gasteiger partial charge in [0.2, 0.25) is 5.91 Å². The minimum absolute atomic E-state index is 0.0594. The number of carbonyl (C=O) groups is 3. The van der Waals surface area contributed by atoms with Gasteiger partial charge in [-0.25, -0.2) is 4.79 Å². The van der Waals surface area contributed by atoms with Crippen LogP contribution in [0.2, 0.25) is 0 Å². The normalized spacial score (nSPS) is 18.6. The number of hydrogen-bond acceptors (Lipinski definition) is 5. The molecular formula is C33H41N3O5. The smallest absolute Gasteiger partial charge is 0.408 e. The molecule has 4 rings (SSSR count). The maximum atomic E-state index is 14.4. The molecule has 0 bridgehead atoms. The van der Waals surface area contributed by atoms with E-state index in [0.717, 1.165) is 17.2 Å². The molecule has 5 unspecified atom stereocenters. The first-order chi connectivity index (χ1) is 19.4. The summed E-state index contributed by atoms with van der Waals surface area (Å²) in [6.07, 6.45) is 0.693. The van der Waals surface area contributed by atoms with Gasteiger partial charge in [0.1, 0.15) is 23.4 Å². The monoisotopic (exact) mass is 559 g/mol. The Balaban J connectivity index is 1.72. The Kier molecular flexibility index (Phi) is 8.90. The van der Waals surface area contributed by atoms with Crippen molar-refractivity contribution in [2.24, 2.45) is 11.8 Å². The van der Waals surface area contributed by atoms with Gasteiger partial charge in [0, 0.05) is 11.7 Å². The third-order valence-electron chi connectivity index (χ3n) is 7.58. The van der Waals surface area contributed by atoms with E-state index in [2.05, 4.69) is 10.6 Å². The minimum atomic E-state index is -0.989. The average Bonchev–Trinajstić information content (AvgIpc) is 3.64. The summed E-state index contributed by atoms with van der Waals surface area (Å²) in [6.45, 7) is 11.2. The van der Waals surface area contributed by atoms with Crippen LogP contribution in [0.15, 0.2) is 66.7 Å². The lowest BCUT2D eigenvalue weighted by molar-refractivity contribution is -0.142. The molecule has 0 radical (unpaired) electrons. The molecule has 3 aromatic carbocycles. The molecule has 0 aromatic heterocycles. The second-order valence-electron chi connectivity index (χ2n) is 12.1. The van der Waals surface area contributed by atoms with Crippen LogP contribution in [0.3, 0.4) is 0 Å². The van der Waals surface area contributed by atoms with Gasteiger partial charge >= 0.3 is 6.09 Å². The Morgan fingerprint density at radius 1 is 1.02 bits per heavy atom. The predicted octanol–water partition coefficient (Wildman–Crippen LogP) is 6.40. The lowest BCUT2D eigenvalue weighted by Gasteiger charge is -2.36. The van der Waals surface area contributed by atoms with Gasteiger partial charge in [-0.05, 0) is 79.6 Å². The molecule has 8 heteroatoms. The largest absolute Gasteiger partial charge is 0.508 e. The molecule has 0 spiro atoms. The van der Waals surface area contributed by atoms with E-state index in [1.165, 1.54) is 12.1 Å². The highest BCUT2D eigenvalue weighted by Crippen LogP contribution is 2.41. The fourth-order valence-electron chi connectivity index (χ4n) is 5.02. The minimum Gasteiger partial charge on any atom is -0.508 e. The summed E-state index contributed by atoms with van der Waals surface area (Å²) in [5.41, 5.74) is 0.444. The van der Waals surface area contributed by atoms with Crippen LogP contribution in [-0.4, -0.2) is 45.6 Å². The highest BCUT2D eigenvalue weighted by atomic mass is 16.6. The number of phenolic OH excluding ortho intramolecular Hbond substituents is 1. The van der Waals surface area contributed by atoms with Crippen LogP contribution in [0.4, 0.5) is 10.5 Å². The van der Waals surface area contributed by atoms with Gasteiger partial charge in [-0.3, -0.25) is 9.59 Å². The Bertz CT molecular complexity index is 1400. The van der Waals surface area contributed by atoms with Crippen molar-refractivity contribution in [2.75, 3.05) is 5.32 Å². The van der Waals surface area contributed by atoms with Gasteiger partial charge in [0.25, 0.3) is 5.91 Å². The zero-order valence-corrected chi connectivity index (χ0v) is 24.7. The maximum absolute atomic E-state index is 14.4. The zero-order valence-electron chi connectivity index (χ0n) is 24.7. The first-order valence-electron chi connectivity index (χ1n) is 14.3. The third kappa shape index (κ3) is 7.37. The molecule has 0 saturated heterocycles. The van der Waals surface area contributed by atoms with E-state index in [1.807, 2.05) is 63.2 Å². The van der Waals surface area contributed by atoms with Crippen molar-refractivity contribution < 1.29 is 24.2 Å². The van der Waals surface area contributed by atoms with Gasteiger partial charge in [-0.2, -0.15) is 0 Å². The second kappa shape index (κ2) is 12.2. The van der Waals surface area contributed by atoms with Crippen molar-refractivity contribution in [3.63, 3.8) is 0 Å². The quantitative estimate of drug-likeness (QED) is 0.281. The molecule has 5 atom stereocenters. The number of alkyl carbamates (subject to hydrolysis) is 1. The van der Waals surface area contributed by atoms with Crippen molar-refractivity contribution in [1.82, 2.24) is 10.2 Å². The van der Waals surface area contributed by atoms with Crippen molar-refractivity contribution in [3.8, 4) is 5.75 Å². The summed E-state index contributed by atoms with van der Waals surface area (Å²) in [5, 5.41) is 17.8. The fourth-order valence-corrected chi connectivity index (χ4v) is 5.02. The van der Waals surface area contributed by atoms with E-state index < -0.39 is 23.8 Å². The molecule has 3 amide bonds. The number of hydrogen-bond donors (Lipinski definition) is 3. The van der Waals surface area contributed by atoms with E-state index in [4.69, 9.17) is 4.74 Å². The number of aromatic hydroxyl groups is 1. The average molecular weight is 560 g/mol. The summed E-state index contributed by atoms with van der Waals surface area (Å²) in [5.74, 6) is -0.684. The number of amides is 3. The molecule has 1 aliphatic rings. The molecule has 41 heavy (non-hydrogen) atoms. The van der Waals surface area contributed by atoms with Gasteiger partial charge in [0.05, 0.1) is 0 Å². The van der Waals surface area contributed by atoms with E-state index >= 15 is 0 Å². The Morgan fingerprint density at radius 2 is 1.66 bits per heavy atom. The van der Waals surface area contributed by atoms with Crippen LogP contribution < -0.4 is 10.6 Å². The molecule has 1 saturated carbocycles. The lowest BCUT2D eigenvalue weighted by Crippen LogP contribution is -2.55. The third-order valence-corrected chi connectivity index (χ3v) is 7.58. The number of anilines is 1. The zero-order chi connectivity index (χ0) is 29.9. The Labute approximate surface area is 242 Å². The number of benzene rings is 3. The van der Waals surface area contributed by atoms with Crippen LogP contribution in [0, 0.1) is 11.8 Å². The molecule has 218 valence electrons. The Morgan fingerprint density at radius 3 is 2.24 bits per heavy atom. The number of nitrogens with one attached hydrogen (secondary N) is 2. The van der Waals surface area contributed by atoms with Gasteiger partial charge in [-0.1, -0.05) is 69.7 Å². The summed E-state index contributed by atoms with van der Waals surface area (Å²) < 4.78 is 5.48. The second-order valence-corrected chi connectivity index (χ2v) is 12.1. The topological polar surface area (TPSA) is 108 Å². The van der Waals surface area contributed by atoms with Gasteiger partial charge < -0.3 is 25.4 Å². The predicted molar refractivity (Wildman–Crippen MR) is 160 cm³/mol. The fraction of sp³-hybridized carbons (Fsp3) is 0.424. The molecule has 1 aliphatic carbocycles. The highest BCUT2D eigenvalue weighted by molar-refractivity contribution is 6.00. The molecule has 1 fully saturated rings. The number of rotatable bonds is 9. The summed E-state index contributed by atoms with van der Waals surface area (Å²) in [6, 6.07) is 17.8. The van der Waals surface area contributed by atoms with E-state index in [0.29, 0.717) is 17.7 Å². The number of carbonyl (C=O) groups excluding carboxylic acids is 3. The lowest BCUT2D eigenvalue weighted by atomic mass is 9.95. The van der Waals surface area contributed by atoms with E-state index in [9.17, 15) is 19.5 Å².